The van der Waals surface area contributed by atoms with E-state index in [0.29, 0.717) is 32.9 Å². The second-order valence-corrected chi connectivity index (χ2v) is 7.03. The van der Waals surface area contributed by atoms with Gasteiger partial charge in [0.15, 0.2) is 0 Å². The number of fused-ring (bicyclic) bond motifs is 3. The Balaban J connectivity index is 1.88. The summed E-state index contributed by atoms with van der Waals surface area (Å²) >= 11 is 6.36. The van der Waals surface area contributed by atoms with Crippen molar-refractivity contribution in [3.63, 3.8) is 0 Å². The molecule has 0 aliphatic rings. The van der Waals surface area contributed by atoms with E-state index < -0.39 is 11.3 Å². The molecule has 0 atom stereocenters. The monoisotopic (exact) mass is 423 g/mol. The Hall–Kier alpha value is -3.42. The van der Waals surface area contributed by atoms with E-state index in [-0.39, 0.29) is 24.1 Å². The molecule has 8 heteroatoms. The van der Waals surface area contributed by atoms with Gasteiger partial charge in [0.05, 0.1) is 29.8 Å². The number of rotatable bonds is 5. The molecule has 4 aromatic rings. The fraction of sp³-hybridized carbons (Fsp3) is 0.136. The smallest absolute Gasteiger partial charge is 0.261 e. The highest BCUT2D eigenvalue weighted by molar-refractivity contribution is 6.36. The molecule has 4 rings (SSSR count). The fourth-order valence-corrected chi connectivity index (χ4v) is 3.68. The lowest BCUT2D eigenvalue weighted by Crippen LogP contribution is -2.24. The van der Waals surface area contributed by atoms with E-state index in [4.69, 9.17) is 16.3 Å². The lowest BCUT2D eigenvalue weighted by Gasteiger charge is -2.15. The van der Waals surface area contributed by atoms with Crippen molar-refractivity contribution in [2.45, 2.75) is 6.54 Å². The molecule has 0 saturated heterocycles. The molecule has 0 unspecified atom stereocenters. The van der Waals surface area contributed by atoms with Gasteiger partial charge in [-0.3, -0.25) is 14.6 Å². The number of aromatic nitrogens is 2. The minimum atomic E-state index is -0.554. The van der Waals surface area contributed by atoms with Gasteiger partial charge in [-0.15, -0.1) is 0 Å². The first kappa shape index (κ1) is 19.9. The van der Waals surface area contributed by atoms with Crippen LogP contribution in [0.25, 0.3) is 21.8 Å². The van der Waals surface area contributed by atoms with Crippen LogP contribution in [0.5, 0.6) is 5.75 Å². The van der Waals surface area contributed by atoms with Crippen LogP contribution in [0.15, 0.2) is 59.7 Å². The van der Waals surface area contributed by atoms with E-state index in [1.54, 1.807) is 54.3 Å². The van der Waals surface area contributed by atoms with Gasteiger partial charge in [-0.1, -0.05) is 11.6 Å². The number of carbonyl (C=O) groups excluding carboxylic acids is 1. The lowest BCUT2D eigenvalue weighted by atomic mass is 10.1. The van der Waals surface area contributed by atoms with Crippen molar-refractivity contribution in [1.82, 2.24) is 9.55 Å². The summed E-state index contributed by atoms with van der Waals surface area (Å²) in [6, 6.07) is 11.8. The van der Waals surface area contributed by atoms with Crippen molar-refractivity contribution in [2.75, 3.05) is 19.0 Å². The third-order valence-corrected chi connectivity index (χ3v) is 5.10. The summed E-state index contributed by atoms with van der Waals surface area (Å²) in [5.41, 5.74) is 1.15. The molecule has 0 saturated carbocycles. The summed E-state index contributed by atoms with van der Waals surface area (Å²) in [5.74, 6) is 0.0975. The van der Waals surface area contributed by atoms with Crippen LogP contribution in [0.2, 0.25) is 5.02 Å². The second kappa shape index (κ2) is 8.14. The molecule has 0 bridgehead atoms. The van der Waals surface area contributed by atoms with Crippen molar-refractivity contribution in [3.05, 3.63) is 75.7 Å². The second-order valence-electron chi connectivity index (χ2n) is 6.63. The van der Waals surface area contributed by atoms with Gasteiger partial charge in [0.1, 0.15) is 11.3 Å². The third-order valence-electron chi connectivity index (χ3n) is 4.81. The van der Waals surface area contributed by atoms with E-state index in [0.717, 1.165) is 0 Å². The van der Waals surface area contributed by atoms with Gasteiger partial charge in [-0.25, -0.2) is 0 Å². The minimum Gasteiger partial charge on any atom is -0.497 e. The molecular formula is C22H18ClN3O4. The maximum atomic E-state index is 13.2. The van der Waals surface area contributed by atoms with E-state index in [9.17, 15) is 14.7 Å². The zero-order chi connectivity index (χ0) is 21.3. The van der Waals surface area contributed by atoms with Crippen LogP contribution in [0.3, 0.4) is 0 Å². The number of hydrogen-bond acceptors (Lipinski definition) is 5. The number of ether oxygens (including phenoxy) is 1. The highest BCUT2D eigenvalue weighted by atomic mass is 35.5. The zero-order valence-corrected chi connectivity index (χ0v) is 16.8. The van der Waals surface area contributed by atoms with Crippen molar-refractivity contribution >= 4 is 45.0 Å². The molecule has 0 spiro atoms. The first-order valence-corrected chi connectivity index (χ1v) is 9.58. The standard InChI is InChI=1S/C22H18ClN3O4/c1-30-14-6-4-13(5-7-14)25-22(29)17-12-26(9-10-27)20-15-3-2-8-24-19(15)18(23)11-16(20)21(17)28/h2-8,11-12,27H,9-10H2,1H3,(H,25,29). The number of carbonyl (C=O) groups is 1. The average molecular weight is 424 g/mol. The number of amides is 1. The van der Waals surface area contributed by atoms with Crippen molar-refractivity contribution in [3.8, 4) is 5.75 Å². The Labute approximate surface area is 176 Å². The molecule has 0 aliphatic heterocycles. The molecular weight excluding hydrogens is 406 g/mol. The van der Waals surface area contributed by atoms with Gasteiger partial charge in [0.2, 0.25) is 5.43 Å². The van der Waals surface area contributed by atoms with Crippen LogP contribution in [0.1, 0.15) is 10.4 Å². The van der Waals surface area contributed by atoms with Crippen molar-refractivity contribution in [1.29, 1.82) is 0 Å². The Morgan fingerprint density at radius 1 is 1.23 bits per heavy atom. The van der Waals surface area contributed by atoms with E-state index in [1.807, 2.05) is 0 Å². The zero-order valence-electron chi connectivity index (χ0n) is 16.1. The SMILES string of the molecule is COc1ccc(NC(=O)c2cn(CCO)c3c(cc(Cl)c4ncccc43)c2=O)cc1. The Bertz CT molecular complexity index is 1320. The number of nitrogens with one attached hydrogen (secondary N) is 1. The predicted octanol–water partition coefficient (Wildman–Crippen LogP) is 3.46. The number of methoxy groups -OCH3 is 1. The predicted molar refractivity (Wildman–Crippen MR) is 117 cm³/mol. The topological polar surface area (TPSA) is 93.4 Å². The van der Waals surface area contributed by atoms with Crippen LogP contribution in [0, 0.1) is 0 Å². The molecule has 2 heterocycles. The molecule has 0 aliphatic carbocycles. The largest absolute Gasteiger partial charge is 0.497 e. The molecule has 30 heavy (non-hydrogen) atoms. The number of aliphatic hydroxyl groups is 1. The normalized spacial score (nSPS) is 11.0. The molecule has 0 fully saturated rings. The molecule has 2 N–H and O–H groups in total. The summed E-state index contributed by atoms with van der Waals surface area (Å²) in [5, 5.41) is 13.5. The maximum absolute atomic E-state index is 13.2. The van der Waals surface area contributed by atoms with E-state index in [2.05, 4.69) is 10.3 Å². The lowest BCUT2D eigenvalue weighted by molar-refractivity contribution is 0.102. The Morgan fingerprint density at radius 3 is 2.70 bits per heavy atom. The third kappa shape index (κ3) is 3.49. The summed E-state index contributed by atoms with van der Waals surface area (Å²) in [4.78, 5) is 30.3. The van der Waals surface area contributed by atoms with Gasteiger partial charge >= 0.3 is 0 Å². The summed E-state index contributed by atoms with van der Waals surface area (Å²) < 4.78 is 6.79. The van der Waals surface area contributed by atoms with Crippen LogP contribution in [-0.2, 0) is 6.54 Å². The Morgan fingerprint density at radius 2 is 2.00 bits per heavy atom. The number of halogens is 1. The summed E-state index contributed by atoms with van der Waals surface area (Å²) in [6.45, 7) is 0.0348. The van der Waals surface area contributed by atoms with Gasteiger partial charge in [0, 0.05) is 35.4 Å². The number of hydrogen-bond donors (Lipinski definition) is 2. The van der Waals surface area contributed by atoms with Crippen LogP contribution in [-0.4, -0.2) is 34.3 Å². The number of benzene rings is 2. The summed E-state index contributed by atoms with van der Waals surface area (Å²) in [6.07, 6.45) is 3.07. The van der Waals surface area contributed by atoms with Gasteiger partial charge in [-0.2, -0.15) is 0 Å². The highest BCUT2D eigenvalue weighted by Crippen LogP contribution is 2.29. The summed E-state index contributed by atoms with van der Waals surface area (Å²) in [7, 11) is 1.55. The first-order chi connectivity index (χ1) is 14.5. The molecule has 2 aromatic carbocycles. The van der Waals surface area contributed by atoms with Crippen LogP contribution < -0.4 is 15.5 Å². The van der Waals surface area contributed by atoms with E-state index >= 15 is 0 Å². The van der Waals surface area contributed by atoms with E-state index in [1.165, 1.54) is 12.3 Å². The van der Waals surface area contributed by atoms with Gasteiger partial charge in [-0.05, 0) is 42.5 Å². The van der Waals surface area contributed by atoms with Crippen LogP contribution >= 0.6 is 11.6 Å². The van der Waals surface area contributed by atoms with Gasteiger partial charge in [0.25, 0.3) is 5.91 Å². The number of anilines is 1. The number of aliphatic hydroxyl groups excluding tert-OH is 1. The Kier molecular flexibility index (Phi) is 5.39. The minimum absolute atomic E-state index is 0.0499. The fourth-order valence-electron chi connectivity index (χ4n) is 3.42. The number of pyridine rings is 2. The highest BCUT2D eigenvalue weighted by Gasteiger charge is 2.19. The van der Waals surface area contributed by atoms with Crippen molar-refractivity contribution < 1.29 is 14.6 Å². The van der Waals surface area contributed by atoms with Crippen molar-refractivity contribution in [2.24, 2.45) is 0 Å². The number of nitrogens with zero attached hydrogens (tertiary/aromatic N) is 2. The molecule has 0 radical (unpaired) electrons. The average Bonchev–Trinajstić information content (AvgIpc) is 2.76. The maximum Gasteiger partial charge on any atom is 0.261 e. The quantitative estimate of drug-likeness (QED) is 0.479. The molecule has 1 amide bonds. The molecule has 7 nitrogen and oxygen atoms in total. The van der Waals surface area contributed by atoms with Gasteiger partial charge < -0.3 is 19.7 Å². The van der Waals surface area contributed by atoms with Crippen LogP contribution in [0.4, 0.5) is 5.69 Å². The molecule has 2 aromatic heterocycles. The first-order valence-electron chi connectivity index (χ1n) is 9.20. The molecule has 152 valence electrons.